The van der Waals surface area contributed by atoms with Gasteiger partial charge in [0.1, 0.15) is 0 Å². The molecular weight excluding hydrogens is 154 g/mol. The quantitative estimate of drug-likeness (QED) is 0.535. The summed E-state index contributed by atoms with van der Waals surface area (Å²) in [5.74, 6) is 0. The van der Waals surface area contributed by atoms with E-state index in [4.69, 9.17) is 0 Å². The second-order valence-corrected chi connectivity index (χ2v) is 3.01. The molecule has 0 bridgehead atoms. The molecule has 56 valence electrons. The van der Waals surface area contributed by atoms with E-state index in [0.29, 0.717) is 0 Å². The summed E-state index contributed by atoms with van der Waals surface area (Å²) in [6.07, 6.45) is 12.3. The van der Waals surface area contributed by atoms with Gasteiger partial charge in [0.15, 0.2) is 0 Å². The minimum absolute atomic E-state index is 0.959. The van der Waals surface area contributed by atoms with Crippen LogP contribution in [-0.2, 0) is 0 Å². The zero-order valence-electron chi connectivity index (χ0n) is 6.07. The lowest BCUT2D eigenvalue weighted by Gasteiger charge is -2.26. The molecular formula is C9H9NS. The first-order valence-electron chi connectivity index (χ1n) is 3.59. The van der Waals surface area contributed by atoms with Crippen LogP contribution in [0.25, 0.3) is 0 Å². The fourth-order valence-electron chi connectivity index (χ4n) is 1.22. The standard InChI is InChI=1S/C9H9NS/c11-9-5-3-7-10-6-2-1-4-8(9)10/h1-5,7,11H,6H2. The molecule has 0 radical (unpaired) electrons. The average molecular weight is 163 g/mol. The van der Waals surface area contributed by atoms with Crippen LogP contribution in [0.15, 0.2) is 47.2 Å². The van der Waals surface area contributed by atoms with Gasteiger partial charge in [-0.3, -0.25) is 0 Å². The van der Waals surface area contributed by atoms with Crippen molar-refractivity contribution in [2.24, 2.45) is 0 Å². The maximum absolute atomic E-state index is 4.35. The molecule has 0 spiro atoms. The Morgan fingerprint density at radius 2 is 2.18 bits per heavy atom. The van der Waals surface area contributed by atoms with Crippen molar-refractivity contribution in [2.45, 2.75) is 0 Å². The van der Waals surface area contributed by atoms with Gasteiger partial charge in [-0.25, -0.2) is 0 Å². The van der Waals surface area contributed by atoms with Crippen molar-refractivity contribution in [3.05, 3.63) is 47.2 Å². The van der Waals surface area contributed by atoms with Crippen LogP contribution in [0.1, 0.15) is 0 Å². The summed E-state index contributed by atoms with van der Waals surface area (Å²) in [5.41, 5.74) is 1.19. The first kappa shape index (κ1) is 6.80. The Labute approximate surface area is 71.8 Å². The maximum Gasteiger partial charge on any atom is 0.0544 e. The summed E-state index contributed by atoms with van der Waals surface area (Å²) in [5, 5.41) is 0. The van der Waals surface area contributed by atoms with Crippen molar-refractivity contribution in [3.63, 3.8) is 0 Å². The zero-order valence-corrected chi connectivity index (χ0v) is 6.96. The van der Waals surface area contributed by atoms with Crippen LogP contribution in [-0.4, -0.2) is 11.4 Å². The molecule has 0 aliphatic carbocycles. The molecule has 1 nitrogen and oxygen atoms in total. The summed E-state index contributed by atoms with van der Waals surface area (Å²) in [6, 6.07) is 0. The Hall–Kier alpha value is -0.890. The first-order valence-corrected chi connectivity index (χ1v) is 4.04. The third kappa shape index (κ3) is 1.14. The van der Waals surface area contributed by atoms with Crippen molar-refractivity contribution >= 4 is 12.6 Å². The molecule has 0 aromatic rings. The third-order valence-corrected chi connectivity index (χ3v) is 2.16. The highest BCUT2D eigenvalue weighted by atomic mass is 32.1. The fourth-order valence-corrected chi connectivity index (χ4v) is 1.51. The summed E-state index contributed by atoms with van der Waals surface area (Å²) >= 11 is 4.35. The Morgan fingerprint density at radius 3 is 3.00 bits per heavy atom. The molecule has 0 saturated heterocycles. The highest BCUT2D eigenvalue weighted by Crippen LogP contribution is 2.24. The smallest absolute Gasteiger partial charge is 0.0544 e. The molecule has 2 rings (SSSR count). The number of hydrogen-bond donors (Lipinski definition) is 1. The molecule has 0 unspecified atom stereocenters. The fraction of sp³-hybridized carbons (Fsp3) is 0.111. The lowest BCUT2D eigenvalue weighted by Crippen LogP contribution is -2.20. The number of thiol groups is 1. The van der Waals surface area contributed by atoms with E-state index in [1.54, 1.807) is 0 Å². The molecule has 0 aromatic carbocycles. The highest BCUT2D eigenvalue weighted by molar-refractivity contribution is 7.84. The van der Waals surface area contributed by atoms with Gasteiger partial charge in [0.2, 0.25) is 0 Å². The van der Waals surface area contributed by atoms with E-state index in [1.807, 2.05) is 12.2 Å². The van der Waals surface area contributed by atoms with Crippen molar-refractivity contribution in [2.75, 3.05) is 6.54 Å². The van der Waals surface area contributed by atoms with Gasteiger partial charge < -0.3 is 4.90 Å². The Morgan fingerprint density at radius 1 is 1.27 bits per heavy atom. The van der Waals surface area contributed by atoms with E-state index in [9.17, 15) is 0 Å². The van der Waals surface area contributed by atoms with Gasteiger partial charge in [0.05, 0.1) is 5.70 Å². The van der Waals surface area contributed by atoms with Crippen LogP contribution in [0, 0.1) is 0 Å². The third-order valence-electron chi connectivity index (χ3n) is 1.78. The molecule has 2 aliphatic rings. The Kier molecular flexibility index (Phi) is 1.62. The van der Waals surface area contributed by atoms with E-state index in [2.05, 4.69) is 42.0 Å². The van der Waals surface area contributed by atoms with Crippen LogP contribution < -0.4 is 0 Å². The van der Waals surface area contributed by atoms with Crippen molar-refractivity contribution in [1.82, 2.24) is 4.90 Å². The minimum Gasteiger partial charge on any atom is -0.343 e. The minimum atomic E-state index is 0.959. The van der Waals surface area contributed by atoms with E-state index < -0.39 is 0 Å². The van der Waals surface area contributed by atoms with E-state index in [-0.39, 0.29) is 0 Å². The molecule has 11 heavy (non-hydrogen) atoms. The summed E-state index contributed by atoms with van der Waals surface area (Å²) in [4.78, 5) is 3.21. The molecule has 2 heterocycles. The first-order chi connectivity index (χ1) is 5.38. The number of fused-ring (bicyclic) bond motifs is 1. The van der Waals surface area contributed by atoms with Crippen molar-refractivity contribution in [1.29, 1.82) is 0 Å². The number of allylic oxidation sites excluding steroid dienone is 4. The van der Waals surface area contributed by atoms with Gasteiger partial charge in [-0.05, 0) is 18.2 Å². The summed E-state index contributed by atoms with van der Waals surface area (Å²) < 4.78 is 0. The average Bonchev–Trinajstić information content (AvgIpc) is 2.06. The van der Waals surface area contributed by atoms with Gasteiger partial charge in [-0.1, -0.05) is 12.2 Å². The van der Waals surface area contributed by atoms with Gasteiger partial charge in [0, 0.05) is 17.6 Å². The molecule has 2 aliphatic heterocycles. The second-order valence-electron chi connectivity index (χ2n) is 2.53. The van der Waals surface area contributed by atoms with Gasteiger partial charge in [0.25, 0.3) is 0 Å². The van der Waals surface area contributed by atoms with Crippen LogP contribution in [0.3, 0.4) is 0 Å². The van der Waals surface area contributed by atoms with Crippen LogP contribution in [0.4, 0.5) is 0 Å². The van der Waals surface area contributed by atoms with E-state index >= 15 is 0 Å². The van der Waals surface area contributed by atoms with Crippen LogP contribution >= 0.6 is 12.6 Å². The molecule has 0 saturated carbocycles. The second kappa shape index (κ2) is 2.62. The van der Waals surface area contributed by atoms with Gasteiger partial charge >= 0.3 is 0 Å². The lowest BCUT2D eigenvalue weighted by molar-refractivity contribution is 0.521. The highest BCUT2D eigenvalue weighted by Gasteiger charge is 2.11. The predicted octanol–water partition coefficient (Wildman–Crippen LogP) is 2.08. The zero-order chi connectivity index (χ0) is 7.68. The van der Waals surface area contributed by atoms with Crippen molar-refractivity contribution < 1.29 is 0 Å². The monoisotopic (exact) mass is 163 g/mol. The number of hydrogen-bond acceptors (Lipinski definition) is 2. The summed E-state index contributed by atoms with van der Waals surface area (Å²) in [6.45, 7) is 0.959. The number of rotatable bonds is 0. The Bertz CT molecular complexity index is 284. The lowest BCUT2D eigenvalue weighted by atomic mass is 10.2. The largest absolute Gasteiger partial charge is 0.343 e. The topological polar surface area (TPSA) is 3.24 Å². The van der Waals surface area contributed by atoms with Crippen molar-refractivity contribution in [3.8, 4) is 0 Å². The van der Waals surface area contributed by atoms with E-state index in [0.717, 1.165) is 11.4 Å². The summed E-state index contributed by atoms with van der Waals surface area (Å²) in [7, 11) is 0. The van der Waals surface area contributed by atoms with Gasteiger partial charge in [-0.2, -0.15) is 0 Å². The van der Waals surface area contributed by atoms with Gasteiger partial charge in [-0.15, -0.1) is 12.6 Å². The van der Waals surface area contributed by atoms with Crippen LogP contribution in [0.2, 0.25) is 0 Å². The molecule has 0 fully saturated rings. The SMILES string of the molecule is SC1=CC=CN2CC=CC=C12. The Balaban J connectivity index is 2.40. The van der Waals surface area contributed by atoms with Crippen LogP contribution in [0.5, 0.6) is 0 Å². The molecule has 0 atom stereocenters. The molecule has 0 N–H and O–H groups in total. The van der Waals surface area contributed by atoms with E-state index in [1.165, 1.54) is 5.70 Å². The number of nitrogens with zero attached hydrogens (tertiary/aromatic N) is 1. The normalized spacial score (nSPS) is 21.0. The molecule has 0 aromatic heterocycles. The predicted molar refractivity (Wildman–Crippen MR) is 50.1 cm³/mol. The molecule has 0 amide bonds. The molecule has 2 heteroatoms. The maximum atomic E-state index is 4.35.